The SMILES string of the molecule is Cc1c(CCC(=O)N2CCN(C)C[C@H](C(N)=O)C2)cnn1C. The molecule has 0 aromatic carbocycles. The lowest BCUT2D eigenvalue weighted by Gasteiger charge is -2.22. The lowest BCUT2D eigenvalue weighted by atomic mass is 10.1. The van der Waals surface area contributed by atoms with Gasteiger partial charge >= 0.3 is 0 Å². The molecule has 1 aromatic heterocycles. The minimum atomic E-state index is -0.338. The molecule has 2 amide bonds. The molecule has 0 saturated carbocycles. The first-order valence-electron chi connectivity index (χ1n) is 7.61. The van der Waals surface area contributed by atoms with Crippen molar-refractivity contribution in [2.45, 2.75) is 19.8 Å². The summed E-state index contributed by atoms with van der Waals surface area (Å²) in [7, 11) is 3.84. The van der Waals surface area contributed by atoms with Crippen molar-refractivity contribution in [2.24, 2.45) is 18.7 Å². The van der Waals surface area contributed by atoms with Crippen LogP contribution in [-0.4, -0.2) is 64.6 Å². The molecule has 1 aromatic rings. The number of nitrogens with zero attached hydrogens (tertiary/aromatic N) is 4. The van der Waals surface area contributed by atoms with Crippen molar-refractivity contribution in [1.82, 2.24) is 19.6 Å². The first-order chi connectivity index (χ1) is 10.4. The maximum absolute atomic E-state index is 12.4. The summed E-state index contributed by atoms with van der Waals surface area (Å²) >= 11 is 0. The van der Waals surface area contributed by atoms with Crippen LogP contribution in [0.25, 0.3) is 0 Å². The van der Waals surface area contributed by atoms with Crippen LogP contribution < -0.4 is 5.73 Å². The fourth-order valence-electron chi connectivity index (χ4n) is 2.77. The van der Waals surface area contributed by atoms with E-state index >= 15 is 0 Å². The third-order valence-electron chi connectivity index (χ3n) is 4.42. The molecule has 1 saturated heterocycles. The van der Waals surface area contributed by atoms with E-state index in [0.717, 1.165) is 17.8 Å². The molecule has 0 aliphatic carbocycles. The van der Waals surface area contributed by atoms with Crippen LogP contribution in [0.3, 0.4) is 0 Å². The van der Waals surface area contributed by atoms with Gasteiger partial charge in [-0.15, -0.1) is 0 Å². The highest BCUT2D eigenvalue weighted by Crippen LogP contribution is 2.13. The third kappa shape index (κ3) is 3.85. The van der Waals surface area contributed by atoms with Crippen LogP contribution in [0.4, 0.5) is 0 Å². The average Bonchev–Trinajstić information content (AvgIpc) is 2.67. The van der Waals surface area contributed by atoms with E-state index in [0.29, 0.717) is 32.5 Å². The van der Waals surface area contributed by atoms with Crippen LogP contribution in [0.5, 0.6) is 0 Å². The smallest absolute Gasteiger partial charge is 0.223 e. The fourth-order valence-corrected chi connectivity index (χ4v) is 2.77. The Morgan fingerprint density at radius 2 is 2.05 bits per heavy atom. The Hall–Kier alpha value is -1.89. The van der Waals surface area contributed by atoms with E-state index in [9.17, 15) is 9.59 Å². The molecule has 1 aliphatic heterocycles. The van der Waals surface area contributed by atoms with Crippen LogP contribution >= 0.6 is 0 Å². The van der Waals surface area contributed by atoms with Gasteiger partial charge in [0.05, 0.1) is 12.1 Å². The molecule has 2 N–H and O–H groups in total. The molecule has 7 nitrogen and oxygen atoms in total. The molecule has 0 radical (unpaired) electrons. The highest BCUT2D eigenvalue weighted by molar-refractivity contribution is 5.80. The Morgan fingerprint density at radius 1 is 1.32 bits per heavy atom. The highest BCUT2D eigenvalue weighted by Gasteiger charge is 2.27. The number of likely N-dealkylation sites (N-methyl/N-ethyl adjacent to an activating group) is 1. The molecule has 2 heterocycles. The number of aromatic nitrogens is 2. The number of rotatable bonds is 4. The van der Waals surface area contributed by atoms with Crippen molar-refractivity contribution >= 4 is 11.8 Å². The Morgan fingerprint density at radius 3 is 2.64 bits per heavy atom. The van der Waals surface area contributed by atoms with Gasteiger partial charge in [0.2, 0.25) is 11.8 Å². The second kappa shape index (κ2) is 6.91. The van der Waals surface area contributed by atoms with Gasteiger partial charge in [-0.2, -0.15) is 5.10 Å². The standard InChI is InChI=1S/C15H25N5O2/c1-11-12(8-17-19(11)3)4-5-14(21)20-7-6-18(2)9-13(10-20)15(16)22/h8,13H,4-7,9-10H2,1-3H3,(H2,16,22)/t13-/m0/s1. The number of amides is 2. The Labute approximate surface area is 131 Å². The summed E-state index contributed by atoms with van der Waals surface area (Å²) in [5.74, 6) is -0.559. The zero-order chi connectivity index (χ0) is 16.3. The van der Waals surface area contributed by atoms with Gasteiger partial charge in [0, 0.05) is 45.3 Å². The topological polar surface area (TPSA) is 84.5 Å². The zero-order valence-electron chi connectivity index (χ0n) is 13.6. The molecular weight excluding hydrogens is 282 g/mol. The minimum Gasteiger partial charge on any atom is -0.369 e. The molecule has 22 heavy (non-hydrogen) atoms. The summed E-state index contributed by atoms with van der Waals surface area (Å²) in [6.07, 6.45) is 2.92. The summed E-state index contributed by atoms with van der Waals surface area (Å²) in [5, 5.41) is 4.19. The third-order valence-corrected chi connectivity index (χ3v) is 4.42. The largest absolute Gasteiger partial charge is 0.369 e. The second-order valence-corrected chi connectivity index (χ2v) is 6.08. The first kappa shape index (κ1) is 16.5. The van der Waals surface area contributed by atoms with E-state index in [1.807, 2.05) is 36.8 Å². The number of aryl methyl sites for hydroxylation is 2. The van der Waals surface area contributed by atoms with E-state index in [1.54, 1.807) is 4.90 Å². The van der Waals surface area contributed by atoms with E-state index in [1.165, 1.54) is 0 Å². The molecule has 1 aliphatic rings. The van der Waals surface area contributed by atoms with Crippen LogP contribution in [0.1, 0.15) is 17.7 Å². The van der Waals surface area contributed by atoms with Gasteiger partial charge in [0.1, 0.15) is 0 Å². The van der Waals surface area contributed by atoms with Gasteiger partial charge in [-0.25, -0.2) is 0 Å². The Kier molecular flexibility index (Phi) is 5.18. The van der Waals surface area contributed by atoms with Crippen molar-refractivity contribution in [1.29, 1.82) is 0 Å². The van der Waals surface area contributed by atoms with Crippen molar-refractivity contribution in [3.63, 3.8) is 0 Å². The van der Waals surface area contributed by atoms with Crippen LogP contribution in [-0.2, 0) is 23.1 Å². The van der Waals surface area contributed by atoms with Crippen molar-refractivity contribution in [3.05, 3.63) is 17.5 Å². The van der Waals surface area contributed by atoms with E-state index in [2.05, 4.69) is 5.10 Å². The maximum atomic E-state index is 12.4. The van der Waals surface area contributed by atoms with Crippen molar-refractivity contribution in [2.75, 3.05) is 33.2 Å². The monoisotopic (exact) mass is 307 g/mol. The molecule has 1 fully saturated rings. The molecule has 2 rings (SSSR count). The normalized spacial score (nSPS) is 20.0. The molecule has 0 bridgehead atoms. The number of nitrogens with two attached hydrogens (primary N) is 1. The molecule has 0 unspecified atom stereocenters. The molecule has 7 heteroatoms. The van der Waals surface area contributed by atoms with Gasteiger partial charge in [0.15, 0.2) is 0 Å². The average molecular weight is 307 g/mol. The summed E-state index contributed by atoms with van der Waals surface area (Å²) < 4.78 is 1.81. The van der Waals surface area contributed by atoms with E-state index in [4.69, 9.17) is 5.73 Å². The van der Waals surface area contributed by atoms with Gasteiger partial charge in [-0.05, 0) is 26.0 Å². The highest BCUT2D eigenvalue weighted by atomic mass is 16.2. The molecule has 0 spiro atoms. The van der Waals surface area contributed by atoms with Gasteiger partial charge in [-0.1, -0.05) is 0 Å². The van der Waals surface area contributed by atoms with Crippen LogP contribution in [0, 0.1) is 12.8 Å². The Balaban J connectivity index is 1.96. The molecule has 122 valence electrons. The van der Waals surface area contributed by atoms with Crippen molar-refractivity contribution in [3.8, 4) is 0 Å². The molecule has 1 atom stereocenters. The summed E-state index contributed by atoms with van der Waals surface area (Å²) in [6.45, 7) is 4.44. The molecular formula is C15H25N5O2. The van der Waals surface area contributed by atoms with E-state index in [-0.39, 0.29) is 17.7 Å². The quantitative estimate of drug-likeness (QED) is 0.815. The first-order valence-corrected chi connectivity index (χ1v) is 7.61. The number of carbonyl (C=O) groups excluding carboxylic acids is 2. The predicted molar refractivity (Wildman–Crippen MR) is 83.0 cm³/mol. The zero-order valence-corrected chi connectivity index (χ0v) is 13.6. The van der Waals surface area contributed by atoms with Crippen LogP contribution in [0.2, 0.25) is 0 Å². The summed E-state index contributed by atoms with van der Waals surface area (Å²) in [6, 6.07) is 0. The second-order valence-electron chi connectivity index (χ2n) is 6.08. The minimum absolute atomic E-state index is 0.0739. The lowest BCUT2D eigenvalue weighted by molar-refractivity contribution is -0.132. The lowest BCUT2D eigenvalue weighted by Crippen LogP contribution is -2.40. The number of primary amides is 1. The fraction of sp³-hybridized carbons (Fsp3) is 0.667. The Bertz CT molecular complexity index is 554. The number of hydrogen-bond acceptors (Lipinski definition) is 4. The maximum Gasteiger partial charge on any atom is 0.223 e. The summed E-state index contributed by atoms with van der Waals surface area (Å²) in [4.78, 5) is 27.8. The van der Waals surface area contributed by atoms with E-state index < -0.39 is 0 Å². The van der Waals surface area contributed by atoms with Crippen molar-refractivity contribution < 1.29 is 9.59 Å². The summed E-state index contributed by atoms with van der Waals surface area (Å²) in [5.41, 5.74) is 7.61. The number of carbonyl (C=O) groups is 2. The number of hydrogen-bond donors (Lipinski definition) is 1. The van der Waals surface area contributed by atoms with Gasteiger partial charge < -0.3 is 15.5 Å². The van der Waals surface area contributed by atoms with Gasteiger partial charge in [-0.3, -0.25) is 14.3 Å². The van der Waals surface area contributed by atoms with Crippen LogP contribution in [0.15, 0.2) is 6.20 Å². The predicted octanol–water partition coefficient (Wildman–Crippen LogP) is -0.463. The van der Waals surface area contributed by atoms with Gasteiger partial charge in [0.25, 0.3) is 0 Å².